The van der Waals surface area contributed by atoms with Crippen molar-refractivity contribution in [2.24, 2.45) is 0 Å². The van der Waals surface area contributed by atoms with Gasteiger partial charge in [-0.3, -0.25) is 9.52 Å². The first kappa shape index (κ1) is 17.4. The molecule has 0 saturated heterocycles. The Balaban J connectivity index is 1.76. The van der Waals surface area contributed by atoms with Crippen LogP contribution in [0.5, 0.6) is 0 Å². The number of hydrogen-bond donors (Lipinski definition) is 2. The fraction of sp³-hybridized carbons (Fsp3) is 0.167. The molecule has 0 spiro atoms. The van der Waals surface area contributed by atoms with Gasteiger partial charge in [0.05, 0.1) is 17.2 Å². The van der Waals surface area contributed by atoms with Crippen LogP contribution in [0.3, 0.4) is 0 Å². The van der Waals surface area contributed by atoms with Crippen LogP contribution in [0.2, 0.25) is 0 Å². The van der Waals surface area contributed by atoms with Gasteiger partial charge in [0, 0.05) is 10.4 Å². The summed E-state index contributed by atoms with van der Waals surface area (Å²) in [5.74, 6) is -0.143. The second-order valence-corrected chi connectivity index (χ2v) is 8.68. The van der Waals surface area contributed by atoms with E-state index in [-0.39, 0.29) is 11.9 Å². The molecular weight excluding hydrogens is 356 g/mol. The minimum Gasteiger partial charge on any atom is -0.345 e. The predicted octanol–water partition coefficient (Wildman–Crippen LogP) is 3.76. The molecule has 0 aliphatic carbocycles. The van der Waals surface area contributed by atoms with Crippen molar-refractivity contribution in [1.82, 2.24) is 5.32 Å². The highest BCUT2D eigenvalue weighted by atomic mass is 32.2. The largest absolute Gasteiger partial charge is 0.345 e. The zero-order valence-corrected chi connectivity index (χ0v) is 15.4. The van der Waals surface area contributed by atoms with E-state index in [1.165, 1.54) is 11.3 Å². The lowest BCUT2D eigenvalue weighted by molar-refractivity contribution is 0.0944. The summed E-state index contributed by atoms with van der Waals surface area (Å²) in [6, 6.07) is 16.5. The summed E-state index contributed by atoms with van der Waals surface area (Å²) in [6.45, 7) is 1.87. The van der Waals surface area contributed by atoms with E-state index in [4.69, 9.17) is 0 Å². The summed E-state index contributed by atoms with van der Waals surface area (Å²) in [6.07, 6.45) is 1.10. The summed E-state index contributed by atoms with van der Waals surface area (Å²) in [5.41, 5.74) is 1.30. The minimum absolute atomic E-state index is 0.143. The van der Waals surface area contributed by atoms with Gasteiger partial charge in [0.1, 0.15) is 0 Å². The van der Waals surface area contributed by atoms with Crippen LogP contribution in [0, 0.1) is 0 Å². The van der Waals surface area contributed by atoms with Crippen LogP contribution in [0.15, 0.2) is 54.6 Å². The van der Waals surface area contributed by atoms with Gasteiger partial charge in [-0.15, -0.1) is 11.3 Å². The molecule has 3 aromatic rings. The van der Waals surface area contributed by atoms with Gasteiger partial charge in [-0.05, 0) is 42.1 Å². The predicted molar refractivity (Wildman–Crippen MR) is 103 cm³/mol. The molecule has 0 fully saturated rings. The van der Waals surface area contributed by atoms with Crippen molar-refractivity contribution in [3.8, 4) is 0 Å². The molecule has 0 aliphatic heterocycles. The Morgan fingerprint density at radius 1 is 1.08 bits per heavy atom. The number of amides is 1. The number of rotatable bonds is 5. The number of anilines is 1. The third-order valence-electron chi connectivity index (χ3n) is 3.69. The van der Waals surface area contributed by atoms with Gasteiger partial charge in [0.25, 0.3) is 5.91 Å². The molecule has 2 aromatic carbocycles. The molecule has 0 bridgehead atoms. The van der Waals surface area contributed by atoms with E-state index in [1.54, 1.807) is 18.2 Å². The van der Waals surface area contributed by atoms with E-state index in [0.29, 0.717) is 10.6 Å². The van der Waals surface area contributed by atoms with Gasteiger partial charge in [-0.25, -0.2) is 8.42 Å². The molecule has 5 nitrogen and oxygen atoms in total. The SMILES string of the molecule is C[C@H](NC(=O)c1cc2ccccc2s1)c1cccc(NS(C)(=O)=O)c1. The van der Waals surface area contributed by atoms with Crippen LogP contribution < -0.4 is 10.0 Å². The first-order chi connectivity index (χ1) is 11.8. The zero-order valence-electron chi connectivity index (χ0n) is 13.8. The van der Waals surface area contributed by atoms with Crippen molar-refractivity contribution >= 4 is 43.0 Å². The highest BCUT2D eigenvalue weighted by molar-refractivity contribution is 7.92. The van der Waals surface area contributed by atoms with Crippen LogP contribution in [-0.4, -0.2) is 20.6 Å². The number of thiophene rings is 1. The average Bonchev–Trinajstić information content (AvgIpc) is 2.97. The van der Waals surface area contributed by atoms with E-state index in [9.17, 15) is 13.2 Å². The maximum Gasteiger partial charge on any atom is 0.261 e. The van der Waals surface area contributed by atoms with Gasteiger partial charge in [0.15, 0.2) is 0 Å². The lowest BCUT2D eigenvalue weighted by Crippen LogP contribution is -2.26. The number of benzene rings is 2. The number of hydrogen-bond acceptors (Lipinski definition) is 4. The first-order valence-electron chi connectivity index (χ1n) is 7.69. The number of nitrogens with one attached hydrogen (secondary N) is 2. The van der Waals surface area contributed by atoms with E-state index in [0.717, 1.165) is 21.9 Å². The Labute approximate surface area is 150 Å². The first-order valence-corrected chi connectivity index (χ1v) is 10.4. The summed E-state index contributed by atoms with van der Waals surface area (Å²) in [5, 5.41) is 4.00. The molecular formula is C18H18N2O3S2. The smallest absolute Gasteiger partial charge is 0.261 e. The molecule has 25 heavy (non-hydrogen) atoms. The summed E-state index contributed by atoms with van der Waals surface area (Å²) in [4.78, 5) is 13.2. The van der Waals surface area contributed by atoms with Gasteiger partial charge in [-0.1, -0.05) is 30.3 Å². The Bertz CT molecular complexity index is 992. The Kier molecular flexibility index (Phi) is 4.78. The summed E-state index contributed by atoms with van der Waals surface area (Å²) in [7, 11) is -3.34. The van der Waals surface area contributed by atoms with E-state index in [1.807, 2.05) is 43.3 Å². The molecule has 1 aromatic heterocycles. The average molecular weight is 374 g/mol. The van der Waals surface area contributed by atoms with Crippen LogP contribution in [0.25, 0.3) is 10.1 Å². The van der Waals surface area contributed by atoms with Gasteiger partial charge < -0.3 is 5.32 Å². The Hall–Kier alpha value is -2.38. The van der Waals surface area contributed by atoms with Crippen molar-refractivity contribution < 1.29 is 13.2 Å². The molecule has 1 heterocycles. The molecule has 7 heteroatoms. The van der Waals surface area contributed by atoms with Crippen molar-refractivity contribution in [1.29, 1.82) is 0 Å². The maximum atomic E-state index is 12.5. The van der Waals surface area contributed by atoms with Gasteiger partial charge in [0.2, 0.25) is 10.0 Å². The Morgan fingerprint density at radius 2 is 1.84 bits per heavy atom. The molecule has 2 N–H and O–H groups in total. The van der Waals surface area contributed by atoms with Crippen LogP contribution in [0.1, 0.15) is 28.2 Å². The second kappa shape index (κ2) is 6.85. The fourth-order valence-electron chi connectivity index (χ4n) is 2.53. The van der Waals surface area contributed by atoms with Crippen molar-refractivity contribution in [3.05, 3.63) is 65.0 Å². The van der Waals surface area contributed by atoms with Crippen molar-refractivity contribution in [2.45, 2.75) is 13.0 Å². The number of sulfonamides is 1. The van der Waals surface area contributed by atoms with Gasteiger partial charge >= 0.3 is 0 Å². The molecule has 0 radical (unpaired) electrons. The van der Waals surface area contributed by atoms with E-state index < -0.39 is 10.0 Å². The third-order valence-corrected chi connectivity index (χ3v) is 5.41. The molecule has 1 atom stereocenters. The molecule has 130 valence electrons. The van der Waals surface area contributed by atoms with Crippen LogP contribution in [0.4, 0.5) is 5.69 Å². The van der Waals surface area contributed by atoms with E-state index >= 15 is 0 Å². The fourth-order valence-corrected chi connectivity index (χ4v) is 4.05. The maximum absolute atomic E-state index is 12.5. The highest BCUT2D eigenvalue weighted by Gasteiger charge is 2.14. The zero-order chi connectivity index (χ0) is 18.0. The highest BCUT2D eigenvalue weighted by Crippen LogP contribution is 2.26. The molecule has 3 rings (SSSR count). The standard InChI is InChI=1S/C18H18N2O3S2/c1-12(13-7-5-8-15(10-13)20-25(2,22)23)19-18(21)17-11-14-6-3-4-9-16(14)24-17/h3-12,20H,1-2H3,(H,19,21)/t12-/m0/s1. The lowest BCUT2D eigenvalue weighted by Gasteiger charge is -2.15. The summed E-state index contributed by atoms with van der Waals surface area (Å²) >= 11 is 1.45. The molecule has 0 saturated carbocycles. The Morgan fingerprint density at radius 3 is 2.56 bits per heavy atom. The van der Waals surface area contributed by atoms with Crippen LogP contribution >= 0.6 is 11.3 Å². The van der Waals surface area contributed by atoms with E-state index in [2.05, 4.69) is 10.0 Å². The normalized spacial score (nSPS) is 12.7. The molecule has 0 aliphatic rings. The number of carbonyl (C=O) groups excluding carboxylic acids is 1. The minimum atomic E-state index is -3.34. The quantitative estimate of drug-likeness (QED) is 0.714. The third kappa shape index (κ3) is 4.37. The monoisotopic (exact) mass is 374 g/mol. The lowest BCUT2D eigenvalue weighted by atomic mass is 10.1. The van der Waals surface area contributed by atoms with Gasteiger partial charge in [-0.2, -0.15) is 0 Å². The van der Waals surface area contributed by atoms with Crippen molar-refractivity contribution in [2.75, 3.05) is 11.0 Å². The topological polar surface area (TPSA) is 75.3 Å². The van der Waals surface area contributed by atoms with Crippen LogP contribution in [-0.2, 0) is 10.0 Å². The number of fused-ring (bicyclic) bond motifs is 1. The number of carbonyl (C=O) groups is 1. The molecule has 1 amide bonds. The van der Waals surface area contributed by atoms with Crippen molar-refractivity contribution in [3.63, 3.8) is 0 Å². The summed E-state index contributed by atoms with van der Waals surface area (Å²) < 4.78 is 26.2. The molecule has 0 unspecified atom stereocenters. The second-order valence-electron chi connectivity index (χ2n) is 5.84.